The maximum atomic E-state index is 12.9. The molecule has 1 atom stereocenters. The second-order valence-corrected chi connectivity index (χ2v) is 8.69. The number of hydrogen-bond acceptors (Lipinski definition) is 4. The normalized spacial score (nSPS) is 17.6. The summed E-state index contributed by atoms with van der Waals surface area (Å²) in [4.78, 5) is 14.8. The number of anilines is 1. The van der Waals surface area contributed by atoms with Crippen molar-refractivity contribution in [2.24, 2.45) is 0 Å². The van der Waals surface area contributed by atoms with Crippen LogP contribution in [0.4, 0.5) is 5.69 Å². The molecule has 27 heavy (non-hydrogen) atoms. The fourth-order valence-electron chi connectivity index (χ4n) is 3.18. The van der Waals surface area contributed by atoms with E-state index in [0.29, 0.717) is 24.3 Å². The van der Waals surface area contributed by atoms with Crippen molar-refractivity contribution < 1.29 is 13.2 Å². The van der Waals surface area contributed by atoms with Crippen LogP contribution in [0.5, 0.6) is 0 Å². The number of aryl methyl sites for hydroxylation is 2. The Hall–Kier alpha value is -2.38. The van der Waals surface area contributed by atoms with E-state index in [4.69, 9.17) is 0 Å². The summed E-state index contributed by atoms with van der Waals surface area (Å²) in [6.45, 7) is 7.65. The SMILES string of the molecule is Cc1ccccc1NS(=O)(=O)c1ccc(C)c(C(=O)N2CCNC(C)C2)c1. The minimum atomic E-state index is -3.78. The Labute approximate surface area is 160 Å². The van der Waals surface area contributed by atoms with Crippen LogP contribution in [0.1, 0.15) is 28.4 Å². The standard InChI is InChI=1S/C20H25N3O3S/c1-14-8-9-17(27(25,26)22-19-7-5-4-6-15(19)2)12-18(14)20(24)23-11-10-21-16(3)13-23/h4-9,12,16,21-22H,10-11,13H2,1-3H3. The zero-order valence-corrected chi connectivity index (χ0v) is 16.6. The van der Waals surface area contributed by atoms with Gasteiger partial charge in [-0.15, -0.1) is 0 Å². The first-order chi connectivity index (χ1) is 12.8. The number of hydrogen-bond donors (Lipinski definition) is 2. The van der Waals surface area contributed by atoms with Crippen LogP contribution in [0, 0.1) is 13.8 Å². The van der Waals surface area contributed by atoms with Gasteiger partial charge in [0.25, 0.3) is 15.9 Å². The largest absolute Gasteiger partial charge is 0.336 e. The molecule has 1 aliphatic heterocycles. The quantitative estimate of drug-likeness (QED) is 0.845. The van der Waals surface area contributed by atoms with Gasteiger partial charge in [-0.3, -0.25) is 9.52 Å². The van der Waals surface area contributed by atoms with Gasteiger partial charge in [-0.05, 0) is 50.1 Å². The molecule has 6 nitrogen and oxygen atoms in total. The summed E-state index contributed by atoms with van der Waals surface area (Å²) >= 11 is 0. The lowest BCUT2D eigenvalue weighted by molar-refractivity contribution is 0.0708. The average Bonchev–Trinajstić information content (AvgIpc) is 2.63. The van der Waals surface area contributed by atoms with Crippen LogP contribution in [0.15, 0.2) is 47.4 Å². The highest BCUT2D eigenvalue weighted by atomic mass is 32.2. The van der Waals surface area contributed by atoms with Crippen molar-refractivity contribution in [3.05, 3.63) is 59.2 Å². The van der Waals surface area contributed by atoms with E-state index >= 15 is 0 Å². The first-order valence-corrected chi connectivity index (χ1v) is 10.5. The van der Waals surface area contributed by atoms with Crippen molar-refractivity contribution in [1.29, 1.82) is 0 Å². The minimum Gasteiger partial charge on any atom is -0.336 e. The maximum Gasteiger partial charge on any atom is 0.261 e. The molecule has 0 bridgehead atoms. The number of piperazine rings is 1. The zero-order valence-electron chi connectivity index (χ0n) is 15.8. The van der Waals surface area contributed by atoms with Crippen LogP contribution in [-0.4, -0.2) is 44.9 Å². The van der Waals surface area contributed by atoms with Crippen LogP contribution >= 0.6 is 0 Å². The molecule has 144 valence electrons. The van der Waals surface area contributed by atoms with Crippen LogP contribution in [0.3, 0.4) is 0 Å². The predicted octanol–water partition coefficient (Wildman–Crippen LogP) is 2.54. The number of amides is 1. The van der Waals surface area contributed by atoms with Gasteiger partial charge in [-0.1, -0.05) is 24.3 Å². The summed E-state index contributed by atoms with van der Waals surface area (Å²) in [6.07, 6.45) is 0. The minimum absolute atomic E-state index is 0.0860. The van der Waals surface area contributed by atoms with Gasteiger partial charge >= 0.3 is 0 Å². The van der Waals surface area contributed by atoms with Crippen molar-refractivity contribution >= 4 is 21.6 Å². The fourth-order valence-corrected chi connectivity index (χ4v) is 4.33. The molecule has 1 amide bonds. The van der Waals surface area contributed by atoms with Gasteiger partial charge in [0, 0.05) is 31.2 Å². The van der Waals surface area contributed by atoms with E-state index in [1.54, 1.807) is 23.1 Å². The number of nitrogens with one attached hydrogen (secondary N) is 2. The molecule has 2 aromatic rings. The highest BCUT2D eigenvalue weighted by molar-refractivity contribution is 7.92. The number of carbonyl (C=O) groups is 1. The topological polar surface area (TPSA) is 78.5 Å². The molecule has 0 spiro atoms. The summed E-state index contributed by atoms with van der Waals surface area (Å²) in [6, 6.07) is 12.1. The monoisotopic (exact) mass is 387 g/mol. The number of rotatable bonds is 4. The lowest BCUT2D eigenvalue weighted by Crippen LogP contribution is -2.51. The second kappa shape index (κ2) is 7.70. The predicted molar refractivity (Wildman–Crippen MR) is 107 cm³/mol. The molecule has 1 aliphatic rings. The maximum absolute atomic E-state index is 12.9. The van der Waals surface area contributed by atoms with Crippen molar-refractivity contribution in [1.82, 2.24) is 10.2 Å². The number of sulfonamides is 1. The molecule has 1 heterocycles. The lowest BCUT2D eigenvalue weighted by atomic mass is 10.1. The van der Waals surface area contributed by atoms with Crippen molar-refractivity contribution in [2.75, 3.05) is 24.4 Å². The molecule has 0 aliphatic carbocycles. The Balaban J connectivity index is 1.90. The van der Waals surface area contributed by atoms with E-state index in [2.05, 4.69) is 10.0 Å². The van der Waals surface area contributed by atoms with Crippen LogP contribution in [0.2, 0.25) is 0 Å². The van der Waals surface area contributed by atoms with Crippen molar-refractivity contribution in [3.63, 3.8) is 0 Å². The van der Waals surface area contributed by atoms with Gasteiger partial charge in [0.2, 0.25) is 0 Å². The molecule has 0 aromatic heterocycles. The number of nitrogens with zero attached hydrogens (tertiary/aromatic N) is 1. The highest BCUT2D eigenvalue weighted by Crippen LogP contribution is 2.22. The van der Waals surface area contributed by atoms with Crippen LogP contribution in [0.25, 0.3) is 0 Å². The summed E-state index contributed by atoms with van der Waals surface area (Å²) in [5.74, 6) is -0.131. The third-order valence-corrected chi connectivity index (χ3v) is 6.16. The van der Waals surface area contributed by atoms with E-state index in [-0.39, 0.29) is 16.8 Å². The third-order valence-electron chi connectivity index (χ3n) is 4.80. The Morgan fingerprint density at radius 1 is 1.15 bits per heavy atom. The molecule has 2 aromatic carbocycles. The number of benzene rings is 2. The Bertz CT molecular complexity index is 957. The molecule has 2 N–H and O–H groups in total. The molecule has 0 saturated carbocycles. The lowest BCUT2D eigenvalue weighted by Gasteiger charge is -2.32. The van der Waals surface area contributed by atoms with Gasteiger partial charge in [-0.25, -0.2) is 8.42 Å². The molecule has 1 saturated heterocycles. The van der Waals surface area contributed by atoms with E-state index in [1.807, 2.05) is 32.9 Å². The van der Waals surface area contributed by atoms with Crippen molar-refractivity contribution in [3.8, 4) is 0 Å². The van der Waals surface area contributed by atoms with Crippen LogP contribution < -0.4 is 10.0 Å². The highest BCUT2D eigenvalue weighted by Gasteiger charge is 2.25. The van der Waals surface area contributed by atoms with Gasteiger partial charge in [0.1, 0.15) is 0 Å². The van der Waals surface area contributed by atoms with Crippen molar-refractivity contribution in [2.45, 2.75) is 31.7 Å². The van der Waals surface area contributed by atoms with Gasteiger partial charge < -0.3 is 10.2 Å². The third kappa shape index (κ3) is 4.31. The Morgan fingerprint density at radius 2 is 1.89 bits per heavy atom. The zero-order chi connectivity index (χ0) is 19.6. The number of para-hydroxylation sites is 1. The molecule has 1 unspecified atom stereocenters. The Morgan fingerprint density at radius 3 is 2.59 bits per heavy atom. The van der Waals surface area contributed by atoms with E-state index in [0.717, 1.165) is 17.7 Å². The molecule has 0 radical (unpaired) electrons. The fraction of sp³-hybridized carbons (Fsp3) is 0.350. The van der Waals surface area contributed by atoms with E-state index in [1.165, 1.54) is 12.1 Å². The van der Waals surface area contributed by atoms with Gasteiger partial charge in [-0.2, -0.15) is 0 Å². The summed E-state index contributed by atoms with van der Waals surface area (Å²) in [7, 11) is -3.78. The molecule has 1 fully saturated rings. The molecule has 7 heteroatoms. The summed E-state index contributed by atoms with van der Waals surface area (Å²) in [5, 5.41) is 3.30. The van der Waals surface area contributed by atoms with E-state index in [9.17, 15) is 13.2 Å². The number of carbonyl (C=O) groups excluding carboxylic acids is 1. The van der Waals surface area contributed by atoms with Gasteiger partial charge in [0.05, 0.1) is 10.6 Å². The average molecular weight is 388 g/mol. The summed E-state index contributed by atoms with van der Waals surface area (Å²) in [5.41, 5.74) is 2.55. The second-order valence-electron chi connectivity index (χ2n) is 7.00. The van der Waals surface area contributed by atoms with Crippen LogP contribution in [-0.2, 0) is 10.0 Å². The first kappa shape index (κ1) is 19.4. The smallest absolute Gasteiger partial charge is 0.261 e. The molecule has 3 rings (SSSR count). The van der Waals surface area contributed by atoms with E-state index < -0.39 is 10.0 Å². The Kier molecular flexibility index (Phi) is 5.53. The first-order valence-electron chi connectivity index (χ1n) is 8.99. The molecular formula is C20H25N3O3S. The summed E-state index contributed by atoms with van der Waals surface area (Å²) < 4.78 is 28.3. The van der Waals surface area contributed by atoms with Gasteiger partial charge in [0.15, 0.2) is 0 Å². The molecular weight excluding hydrogens is 362 g/mol.